The van der Waals surface area contributed by atoms with Crippen LogP contribution in [-0.4, -0.2) is 60.0 Å². The van der Waals surface area contributed by atoms with Crippen LogP contribution in [0.3, 0.4) is 0 Å². The smallest absolute Gasteiger partial charge is 0.251 e. The summed E-state index contributed by atoms with van der Waals surface area (Å²) in [5.74, 6) is -0.504. The van der Waals surface area contributed by atoms with Crippen molar-refractivity contribution in [2.75, 3.05) is 19.7 Å². The number of ether oxygens (including phenoxy) is 1. The lowest BCUT2D eigenvalue weighted by Crippen LogP contribution is -2.65. The highest BCUT2D eigenvalue weighted by molar-refractivity contribution is 5.97. The van der Waals surface area contributed by atoms with Crippen LogP contribution < -0.4 is 10.6 Å². The minimum Gasteiger partial charge on any atom is -0.376 e. The van der Waals surface area contributed by atoms with Crippen molar-refractivity contribution in [1.29, 1.82) is 0 Å². The summed E-state index contributed by atoms with van der Waals surface area (Å²) >= 11 is 0. The molecule has 3 fully saturated rings. The zero-order valence-corrected chi connectivity index (χ0v) is 20.2. The third kappa shape index (κ3) is 5.98. The van der Waals surface area contributed by atoms with Gasteiger partial charge in [-0.15, -0.1) is 0 Å². The van der Waals surface area contributed by atoms with Gasteiger partial charge in [0.25, 0.3) is 5.91 Å². The van der Waals surface area contributed by atoms with Crippen molar-refractivity contribution in [1.82, 2.24) is 15.5 Å². The average molecular weight is 470 g/mol. The summed E-state index contributed by atoms with van der Waals surface area (Å²) in [4.78, 5) is 41.8. The molecule has 1 atom stereocenters. The largest absolute Gasteiger partial charge is 0.376 e. The number of nitrogens with one attached hydrogen (secondary N) is 2. The van der Waals surface area contributed by atoms with Gasteiger partial charge in [0.1, 0.15) is 5.54 Å². The number of hydrogen-bond donors (Lipinski definition) is 2. The van der Waals surface area contributed by atoms with Gasteiger partial charge in [0.05, 0.1) is 12.6 Å². The van der Waals surface area contributed by atoms with E-state index in [0.29, 0.717) is 31.6 Å². The summed E-state index contributed by atoms with van der Waals surface area (Å²) in [6.07, 6.45) is 11.6. The Kier molecular flexibility index (Phi) is 8.59. The van der Waals surface area contributed by atoms with E-state index in [0.717, 1.165) is 57.8 Å². The van der Waals surface area contributed by atoms with Gasteiger partial charge in [-0.2, -0.15) is 0 Å². The molecule has 2 aliphatic carbocycles. The highest BCUT2D eigenvalue weighted by atomic mass is 16.5. The normalized spacial score (nSPS) is 22.6. The number of amides is 3. The standard InChI is InChI=1S/C27H39N3O4/c31-24(19-28-25(32)21-11-4-1-5-12-21)30(20-23-15-10-18-34-23)27(16-8-3-9-17-27)26(33)29-22-13-6-2-7-14-22/h1,4-5,11-12,22-23H,2-3,6-10,13-20H2,(H,28,32)(H,29,33)/t23-/m1/s1. The fourth-order valence-corrected chi connectivity index (χ4v) is 5.77. The van der Waals surface area contributed by atoms with Crippen molar-refractivity contribution in [3.63, 3.8) is 0 Å². The molecule has 3 aliphatic rings. The van der Waals surface area contributed by atoms with Gasteiger partial charge in [0.2, 0.25) is 11.8 Å². The number of hydrogen-bond acceptors (Lipinski definition) is 4. The summed E-state index contributed by atoms with van der Waals surface area (Å²) < 4.78 is 5.88. The number of carbonyl (C=O) groups is 3. The third-order valence-electron chi connectivity index (χ3n) is 7.71. The Morgan fingerprint density at radius 1 is 0.912 bits per heavy atom. The SMILES string of the molecule is O=C(NCC(=O)N(C[C@H]1CCCO1)C1(C(=O)NC2CCCCC2)CCCCC1)c1ccccc1. The first-order valence-corrected chi connectivity index (χ1v) is 13.1. The van der Waals surface area contributed by atoms with Gasteiger partial charge < -0.3 is 20.3 Å². The van der Waals surface area contributed by atoms with Crippen LogP contribution in [0.2, 0.25) is 0 Å². The maximum Gasteiger partial charge on any atom is 0.251 e. The van der Waals surface area contributed by atoms with Gasteiger partial charge in [0.15, 0.2) is 0 Å². The second-order valence-electron chi connectivity index (χ2n) is 10.1. The van der Waals surface area contributed by atoms with Crippen molar-refractivity contribution in [2.24, 2.45) is 0 Å². The summed E-state index contributed by atoms with van der Waals surface area (Å²) in [7, 11) is 0. The quantitative estimate of drug-likeness (QED) is 0.609. The second-order valence-corrected chi connectivity index (χ2v) is 10.1. The molecule has 0 unspecified atom stereocenters. The molecule has 1 heterocycles. The molecule has 1 aromatic rings. The zero-order chi connectivity index (χ0) is 23.8. The van der Waals surface area contributed by atoms with Crippen LogP contribution in [0.4, 0.5) is 0 Å². The maximum absolute atomic E-state index is 13.8. The molecule has 1 saturated heterocycles. The van der Waals surface area contributed by atoms with Crippen molar-refractivity contribution in [3.8, 4) is 0 Å². The minimum atomic E-state index is -0.865. The molecule has 7 heteroatoms. The maximum atomic E-state index is 13.8. The van der Waals surface area contributed by atoms with E-state index in [-0.39, 0.29) is 36.4 Å². The Morgan fingerprint density at radius 3 is 2.29 bits per heavy atom. The summed E-state index contributed by atoms with van der Waals surface area (Å²) in [5, 5.41) is 6.10. The van der Waals surface area contributed by atoms with Crippen LogP contribution in [0.25, 0.3) is 0 Å². The fraction of sp³-hybridized carbons (Fsp3) is 0.667. The Labute approximate surface area is 203 Å². The molecule has 0 radical (unpaired) electrons. The molecule has 2 saturated carbocycles. The van der Waals surface area contributed by atoms with E-state index in [4.69, 9.17) is 4.74 Å². The molecule has 1 aliphatic heterocycles. The fourth-order valence-electron chi connectivity index (χ4n) is 5.77. The van der Waals surface area contributed by atoms with Crippen LogP contribution >= 0.6 is 0 Å². The molecular formula is C27H39N3O4. The number of carbonyl (C=O) groups excluding carboxylic acids is 3. The van der Waals surface area contributed by atoms with Crippen molar-refractivity contribution in [2.45, 2.75) is 94.7 Å². The van der Waals surface area contributed by atoms with Crippen LogP contribution in [0.15, 0.2) is 30.3 Å². The number of rotatable bonds is 8. The highest BCUT2D eigenvalue weighted by Gasteiger charge is 2.48. The lowest BCUT2D eigenvalue weighted by atomic mass is 9.78. The Balaban J connectivity index is 1.52. The third-order valence-corrected chi connectivity index (χ3v) is 7.71. The zero-order valence-electron chi connectivity index (χ0n) is 20.2. The molecule has 3 amide bonds. The van der Waals surface area contributed by atoms with E-state index in [9.17, 15) is 14.4 Å². The van der Waals surface area contributed by atoms with E-state index in [1.54, 1.807) is 29.2 Å². The van der Waals surface area contributed by atoms with Gasteiger partial charge >= 0.3 is 0 Å². The van der Waals surface area contributed by atoms with E-state index < -0.39 is 5.54 Å². The summed E-state index contributed by atoms with van der Waals surface area (Å²) in [6, 6.07) is 9.09. The van der Waals surface area contributed by atoms with Gasteiger partial charge in [-0.1, -0.05) is 56.7 Å². The van der Waals surface area contributed by atoms with Crippen LogP contribution in [-0.2, 0) is 14.3 Å². The second kappa shape index (κ2) is 11.8. The monoisotopic (exact) mass is 469 g/mol. The van der Waals surface area contributed by atoms with Crippen molar-refractivity contribution < 1.29 is 19.1 Å². The van der Waals surface area contributed by atoms with Gasteiger partial charge in [-0.25, -0.2) is 0 Å². The predicted molar refractivity (Wildman–Crippen MR) is 130 cm³/mol. The first-order valence-electron chi connectivity index (χ1n) is 13.1. The first-order chi connectivity index (χ1) is 16.6. The van der Waals surface area contributed by atoms with Crippen molar-refractivity contribution in [3.05, 3.63) is 35.9 Å². The van der Waals surface area contributed by atoms with Gasteiger partial charge in [0, 0.05) is 24.8 Å². The van der Waals surface area contributed by atoms with E-state index in [2.05, 4.69) is 10.6 Å². The average Bonchev–Trinajstić information content (AvgIpc) is 3.40. The first kappa shape index (κ1) is 24.7. The molecule has 34 heavy (non-hydrogen) atoms. The van der Waals surface area contributed by atoms with Gasteiger partial charge in [-0.3, -0.25) is 14.4 Å². The molecule has 0 bridgehead atoms. The lowest BCUT2D eigenvalue weighted by Gasteiger charge is -2.46. The van der Waals surface area contributed by atoms with E-state index >= 15 is 0 Å². The Hall–Kier alpha value is -2.41. The van der Waals surface area contributed by atoms with Gasteiger partial charge in [-0.05, 0) is 50.7 Å². The molecule has 1 aromatic carbocycles. The van der Waals surface area contributed by atoms with Crippen LogP contribution in [0.5, 0.6) is 0 Å². The molecule has 0 aromatic heterocycles. The number of nitrogens with zero attached hydrogens (tertiary/aromatic N) is 1. The Morgan fingerprint density at radius 2 is 1.62 bits per heavy atom. The van der Waals surface area contributed by atoms with Crippen LogP contribution in [0, 0.1) is 0 Å². The van der Waals surface area contributed by atoms with E-state index in [1.807, 2.05) is 6.07 Å². The molecule has 0 spiro atoms. The highest BCUT2D eigenvalue weighted by Crippen LogP contribution is 2.36. The molecule has 186 valence electrons. The summed E-state index contributed by atoms with van der Waals surface area (Å²) in [6.45, 7) is 0.968. The summed E-state index contributed by atoms with van der Waals surface area (Å²) in [5.41, 5.74) is -0.348. The molecule has 4 rings (SSSR count). The minimum absolute atomic E-state index is 0.0140. The number of benzene rings is 1. The Bertz CT molecular complexity index is 826. The van der Waals surface area contributed by atoms with E-state index in [1.165, 1.54) is 6.42 Å². The predicted octanol–water partition coefficient (Wildman–Crippen LogP) is 3.58. The molecule has 7 nitrogen and oxygen atoms in total. The lowest BCUT2D eigenvalue weighted by molar-refractivity contribution is -0.152. The van der Waals surface area contributed by atoms with Crippen molar-refractivity contribution >= 4 is 17.7 Å². The van der Waals surface area contributed by atoms with Crippen LogP contribution in [0.1, 0.15) is 87.4 Å². The molecular weight excluding hydrogens is 430 g/mol. The molecule has 2 N–H and O–H groups in total. The topological polar surface area (TPSA) is 87.7 Å².